The highest BCUT2D eigenvalue weighted by Crippen LogP contribution is 2.31. The molecule has 3 heterocycles. The lowest BCUT2D eigenvalue weighted by Crippen LogP contribution is -2.41. The van der Waals surface area contributed by atoms with Crippen LogP contribution in [0.1, 0.15) is 13.3 Å². The summed E-state index contributed by atoms with van der Waals surface area (Å²) < 4.78 is 8.89. The third kappa shape index (κ3) is 3.21. The molecule has 10 heteroatoms. The number of aromatic nitrogens is 4. The van der Waals surface area contributed by atoms with Crippen molar-refractivity contribution in [2.75, 3.05) is 18.1 Å². The van der Waals surface area contributed by atoms with Gasteiger partial charge in [0.25, 0.3) is 5.56 Å². The van der Waals surface area contributed by atoms with Gasteiger partial charge in [0.1, 0.15) is 6.54 Å². The summed E-state index contributed by atoms with van der Waals surface area (Å²) in [6.45, 7) is 2.71. The largest absolute Gasteiger partial charge is 0.465 e. The Kier molecular flexibility index (Phi) is 4.91. The standard InChI is InChI=1S/C19H20ClN5O4/c1-3-29-14(26)11-25-17(27)15-16(22(2)19(25)28)21-18-23(9-4-10-24(15)18)13-7-5-12(20)6-8-13/h5-8H,3-4,9-11H2,1-2H3. The lowest BCUT2D eigenvalue weighted by Gasteiger charge is -2.29. The normalized spacial score (nSPS) is 13.6. The molecule has 1 aliphatic rings. The molecule has 2 aromatic heterocycles. The van der Waals surface area contributed by atoms with E-state index in [0.29, 0.717) is 23.0 Å². The predicted octanol–water partition coefficient (Wildman–Crippen LogP) is 1.65. The molecule has 0 aliphatic carbocycles. The second-order valence-electron chi connectivity index (χ2n) is 6.76. The first-order valence-corrected chi connectivity index (χ1v) is 9.69. The van der Waals surface area contributed by atoms with Crippen LogP contribution in [0.25, 0.3) is 11.2 Å². The first-order chi connectivity index (χ1) is 13.9. The van der Waals surface area contributed by atoms with Crippen LogP contribution in [0.3, 0.4) is 0 Å². The van der Waals surface area contributed by atoms with Crippen LogP contribution < -0.4 is 16.1 Å². The van der Waals surface area contributed by atoms with Gasteiger partial charge in [0.05, 0.1) is 6.61 Å². The molecule has 29 heavy (non-hydrogen) atoms. The number of anilines is 2. The number of halogens is 1. The van der Waals surface area contributed by atoms with Gasteiger partial charge in [0, 0.05) is 30.8 Å². The van der Waals surface area contributed by atoms with Gasteiger partial charge in [-0.25, -0.2) is 9.36 Å². The molecule has 0 N–H and O–H groups in total. The van der Waals surface area contributed by atoms with Gasteiger partial charge in [0.2, 0.25) is 5.95 Å². The number of carbonyl (C=O) groups is 1. The number of ether oxygens (including phenoxy) is 1. The summed E-state index contributed by atoms with van der Waals surface area (Å²) in [6.07, 6.45) is 0.793. The van der Waals surface area contributed by atoms with Crippen molar-refractivity contribution in [2.24, 2.45) is 7.05 Å². The van der Waals surface area contributed by atoms with E-state index in [1.807, 2.05) is 17.0 Å². The molecule has 0 amide bonds. The van der Waals surface area contributed by atoms with Gasteiger partial charge in [-0.3, -0.25) is 14.2 Å². The molecular weight excluding hydrogens is 398 g/mol. The molecule has 0 saturated carbocycles. The third-order valence-corrected chi connectivity index (χ3v) is 5.20. The van der Waals surface area contributed by atoms with E-state index in [1.54, 1.807) is 23.6 Å². The van der Waals surface area contributed by atoms with Gasteiger partial charge in [-0.05, 0) is 37.6 Å². The van der Waals surface area contributed by atoms with E-state index in [0.717, 1.165) is 23.2 Å². The second-order valence-corrected chi connectivity index (χ2v) is 7.19. The van der Waals surface area contributed by atoms with Crippen molar-refractivity contribution in [3.63, 3.8) is 0 Å². The Balaban J connectivity index is 1.90. The average Bonchev–Trinajstić information content (AvgIpc) is 3.10. The van der Waals surface area contributed by atoms with Crippen molar-refractivity contribution in [3.05, 3.63) is 50.1 Å². The van der Waals surface area contributed by atoms with Crippen molar-refractivity contribution in [2.45, 2.75) is 26.4 Å². The van der Waals surface area contributed by atoms with Gasteiger partial charge >= 0.3 is 11.7 Å². The van der Waals surface area contributed by atoms with Crippen LogP contribution in [0.15, 0.2) is 33.9 Å². The number of benzene rings is 1. The number of nitrogens with zero attached hydrogens (tertiary/aromatic N) is 5. The average molecular weight is 418 g/mol. The summed E-state index contributed by atoms with van der Waals surface area (Å²) in [4.78, 5) is 44.3. The molecule has 0 radical (unpaired) electrons. The summed E-state index contributed by atoms with van der Waals surface area (Å²) in [5.74, 6) is -0.0539. The first-order valence-electron chi connectivity index (χ1n) is 9.31. The zero-order valence-electron chi connectivity index (χ0n) is 16.1. The lowest BCUT2D eigenvalue weighted by atomic mass is 10.2. The SMILES string of the molecule is CCOC(=O)Cn1c(=O)c2c(nc3n2CCCN3c2ccc(Cl)cc2)n(C)c1=O. The summed E-state index contributed by atoms with van der Waals surface area (Å²) in [6, 6.07) is 7.35. The molecule has 0 bridgehead atoms. The molecule has 1 aliphatic heterocycles. The monoisotopic (exact) mass is 417 g/mol. The first kappa shape index (κ1) is 19.3. The Morgan fingerprint density at radius 2 is 1.93 bits per heavy atom. The van der Waals surface area contributed by atoms with Crippen LogP contribution in [0.2, 0.25) is 5.02 Å². The molecule has 0 saturated heterocycles. The van der Waals surface area contributed by atoms with Crippen LogP contribution in [-0.4, -0.2) is 37.8 Å². The molecule has 0 spiro atoms. The van der Waals surface area contributed by atoms with Crippen LogP contribution in [-0.2, 0) is 29.7 Å². The maximum atomic E-state index is 13.1. The topological polar surface area (TPSA) is 91.4 Å². The van der Waals surface area contributed by atoms with Crippen molar-refractivity contribution >= 4 is 40.4 Å². The van der Waals surface area contributed by atoms with Crippen LogP contribution in [0.4, 0.5) is 11.6 Å². The molecule has 0 unspecified atom stereocenters. The van der Waals surface area contributed by atoms with Crippen molar-refractivity contribution < 1.29 is 9.53 Å². The number of hydrogen-bond acceptors (Lipinski definition) is 6. The highest BCUT2D eigenvalue weighted by molar-refractivity contribution is 6.30. The number of aryl methyl sites for hydroxylation is 2. The van der Waals surface area contributed by atoms with Gasteiger partial charge in [-0.2, -0.15) is 4.98 Å². The van der Waals surface area contributed by atoms with Crippen LogP contribution >= 0.6 is 11.6 Å². The zero-order chi connectivity index (χ0) is 20.7. The fraction of sp³-hybridized carbons (Fsp3) is 0.368. The van der Waals surface area contributed by atoms with Gasteiger partial charge < -0.3 is 14.2 Å². The Morgan fingerprint density at radius 1 is 1.21 bits per heavy atom. The van der Waals surface area contributed by atoms with Crippen molar-refractivity contribution in [3.8, 4) is 0 Å². The van der Waals surface area contributed by atoms with E-state index in [9.17, 15) is 14.4 Å². The highest BCUT2D eigenvalue weighted by atomic mass is 35.5. The van der Waals surface area contributed by atoms with Gasteiger partial charge in [-0.1, -0.05) is 11.6 Å². The Morgan fingerprint density at radius 3 is 2.62 bits per heavy atom. The molecule has 1 aromatic carbocycles. The Bertz CT molecular complexity index is 1210. The Hall–Kier alpha value is -3.07. The number of imidazole rings is 1. The van der Waals surface area contributed by atoms with Crippen LogP contribution in [0, 0.1) is 0 Å². The summed E-state index contributed by atoms with van der Waals surface area (Å²) in [5.41, 5.74) is 0.320. The van der Waals surface area contributed by atoms with E-state index in [4.69, 9.17) is 16.3 Å². The van der Waals surface area contributed by atoms with Gasteiger partial charge in [-0.15, -0.1) is 0 Å². The highest BCUT2D eigenvalue weighted by Gasteiger charge is 2.27. The minimum atomic E-state index is -0.632. The summed E-state index contributed by atoms with van der Waals surface area (Å²) in [5, 5.41) is 0.628. The van der Waals surface area contributed by atoms with Crippen molar-refractivity contribution in [1.29, 1.82) is 0 Å². The molecule has 3 aromatic rings. The number of hydrogen-bond donors (Lipinski definition) is 0. The number of esters is 1. The Labute approximate surface area is 170 Å². The molecule has 9 nitrogen and oxygen atoms in total. The quantitative estimate of drug-likeness (QED) is 0.599. The van der Waals surface area contributed by atoms with Gasteiger partial charge in [0.15, 0.2) is 11.2 Å². The molecule has 0 atom stereocenters. The minimum absolute atomic E-state index is 0.175. The van der Waals surface area contributed by atoms with E-state index in [1.165, 1.54) is 11.6 Å². The fourth-order valence-corrected chi connectivity index (χ4v) is 3.73. The van der Waals surface area contributed by atoms with E-state index >= 15 is 0 Å². The molecule has 152 valence electrons. The van der Waals surface area contributed by atoms with E-state index < -0.39 is 23.8 Å². The third-order valence-electron chi connectivity index (χ3n) is 4.95. The number of fused-ring (bicyclic) bond motifs is 3. The van der Waals surface area contributed by atoms with Crippen molar-refractivity contribution in [1.82, 2.24) is 18.7 Å². The smallest absolute Gasteiger partial charge is 0.333 e. The number of rotatable bonds is 4. The molecule has 0 fully saturated rings. The van der Waals surface area contributed by atoms with Crippen LogP contribution in [0.5, 0.6) is 0 Å². The second kappa shape index (κ2) is 7.40. The maximum absolute atomic E-state index is 13.1. The molecule has 4 rings (SSSR count). The lowest BCUT2D eigenvalue weighted by molar-refractivity contribution is -0.143. The number of carbonyl (C=O) groups excluding carboxylic acids is 1. The molecular formula is C19H20ClN5O4. The summed E-state index contributed by atoms with van der Waals surface area (Å²) in [7, 11) is 1.54. The maximum Gasteiger partial charge on any atom is 0.333 e. The summed E-state index contributed by atoms with van der Waals surface area (Å²) >= 11 is 6.00. The minimum Gasteiger partial charge on any atom is -0.465 e. The van der Waals surface area contributed by atoms with E-state index in [2.05, 4.69) is 4.98 Å². The zero-order valence-corrected chi connectivity index (χ0v) is 16.8. The predicted molar refractivity (Wildman–Crippen MR) is 109 cm³/mol. The van der Waals surface area contributed by atoms with E-state index in [-0.39, 0.29) is 12.3 Å². The fourth-order valence-electron chi connectivity index (χ4n) is 3.61.